The Hall–Kier alpha value is -1.80. The molecule has 3 rings (SSSR count). The molecule has 2 nitrogen and oxygen atoms in total. The molecule has 0 saturated carbocycles. The summed E-state index contributed by atoms with van der Waals surface area (Å²) in [6, 6.07) is 21.0. The molecule has 0 atom stereocenters. The van der Waals surface area contributed by atoms with Crippen molar-refractivity contribution in [2.45, 2.75) is 45.2 Å². The lowest BCUT2D eigenvalue weighted by Crippen LogP contribution is -2.38. The van der Waals surface area contributed by atoms with Gasteiger partial charge in [-0.3, -0.25) is 0 Å². The van der Waals surface area contributed by atoms with Gasteiger partial charge in [0.25, 0.3) is 0 Å². The van der Waals surface area contributed by atoms with Crippen LogP contribution in [0.15, 0.2) is 54.6 Å². The summed E-state index contributed by atoms with van der Waals surface area (Å²) in [7, 11) is 0. The molecule has 0 amide bonds. The van der Waals surface area contributed by atoms with Gasteiger partial charge in [0, 0.05) is 24.3 Å². The first-order valence-electron chi connectivity index (χ1n) is 8.86. The van der Waals surface area contributed by atoms with Crippen LogP contribution in [0.2, 0.25) is 0 Å². The first-order chi connectivity index (χ1) is 11.2. The number of nitrogens with one attached hydrogen (secondary N) is 1. The van der Waals surface area contributed by atoms with Gasteiger partial charge in [0.2, 0.25) is 0 Å². The lowest BCUT2D eigenvalue weighted by molar-refractivity contribution is 0.543. The minimum atomic E-state index is 0.566. The van der Waals surface area contributed by atoms with Crippen LogP contribution in [0.25, 0.3) is 0 Å². The van der Waals surface area contributed by atoms with Gasteiger partial charge in [0.05, 0.1) is 0 Å². The molecule has 0 aliphatic heterocycles. The van der Waals surface area contributed by atoms with Crippen LogP contribution in [0.3, 0.4) is 0 Å². The second-order valence-electron chi connectivity index (χ2n) is 6.82. The van der Waals surface area contributed by atoms with Crippen molar-refractivity contribution in [2.24, 2.45) is 0 Å². The highest BCUT2D eigenvalue weighted by Crippen LogP contribution is 2.28. The Labute approximate surface area is 140 Å². The summed E-state index contributed by atoms with van der Waals surface area (Å²) in [5, 5.41) is 3.53. The van der Waals surface area contributed by atoms with Crippen molar-refractivity contribution in [3.63, 3.8) is 0 Å². The number of benzene rings is 2. The zero-order valence-electron chi connectivity index (χ0n) is 14.3. The number of anilines is 1. The van der Waals surface area contributed by atoms with E-state index in [1.165, 1.54) is 36.1 Å². The van der Waals surface area contributed by atoms with Crippen molar-refractivity contribution in [3.8, 4) is 0 Å². The van der Waals surface area contributed by atoms with Crippen molar-refractivity contribution in [2.75, 3.05) is 18.0 Å². The number of fused-ring (bicyclic) bond motifs is 1. The fourth-order valence-corrected chi connectivity index (χ4v) is 3.54. The maximum atomic E-state index is 3.53. The van der Waals surface area contributed by atoms with Gasteiger partial charge in [-0.25, -0.2) is 0 Å². The molecule has 1 N–H and O–H groups in total. The largest absolute Gasteiger partial charge is 0.368 e. The predicted octanol–water partition coefficient (Wildman–Crippen LogP) is 4.05. The van der Waals surface area contributed by atoms with Crippen LogP contribution in [0.4, 0.5) is 5.69 Å². The van der Waals surface area contributed by atoms with Crippen LogP contribution in [0.1, 0.15) is 31.4 Å². The van der Waals surface area contributed by atoms with Crippen LogP contribution in [-0.2, 0) is 12.8 Å². The van der Waals surface area contributed by atoms with E-state index in [9.17, 15) is 0 Å². The molecule has 0 heterocycles. The highest BCUT2D eigenvalue weighted by atomic mass is 15.2. The quantitative estimate of drug-likeness (QED) is 0.776. The van der Waals surface area contributed by atoms with Crippen LogP contribution in [-0.4, -0.2) is 25.2 Å². The summed E-state index contributed by atoms with van der Waals surface area (Å²) >= 11 is 0. The number of hydrogen-bond acceptors (Lipinski definition) is 2. The Balaban J connectivity index is 1.69. The summed E-state index contributed by atoms with van der Waals surface area (Å²) in [5.41, 5.74) is 4.41. The van der Waals surface area contributed by atoms with Crippen molar-refractivity contribution in [3.05, 3.63) is 65.7 Å². The topological polar surface area (TPSA) is 15.3 Å². The smallest absolute Gasteiger partial charge is 0.0370 e. The number of rotatable bonds is 7. The lowest BCUT2D eigenvalue weighted by Gasteiger charge is -2.31. The summed E-state index contributed by atoms with van der Waals surface area (Å²) < 4.78 is 0. The van der Waals surface area contributed by atoms with Gasteiger partial charge in [0.15, 0.2) is 0 Å². The third-order valence-electron chi connectivity index (χ3n) is 4.69. The maximum Gasteiger partial charge on any atom is 0.0370 e. The lowest BCUT2D eigenvalue weighted by atomic mass is 10.1. The molecule has 0 radical (unpaired) electrons. The van der Waals surface area contributed by atoms with E-state index in [2.05, 4.69) is 78.7 Å². The number of para-hydroxylation sites is 1. The Morgan fingerprint density at radius 1 is 0.957 bits per heavy atom. The molecule has 0 saturated heterocycles. The van der Waals surface area contributed by atoms with Gasteiger partial charge in [0.1, 0.15) is 0 Å². The minimum Gasteiger partial charge on any atom is -0.368 e. The summed E-state index contributed by atoms with van der Waals surface area (Å²) in [4.78, 5) is 2.61. The van der Waals surface area contributed by atoms with E-state index in [0.29, 0.717) is 12.1 Å². The summed E-state index contributed by atoms with van der Waals surface area (Å²) in [6.07, 6.45) is 3.52. The van der Waals surface area contributed by atoms with Crippen LogP contribution in [0, 0.1) is 0 Å². The number of nitrogens with zero attached hydrogens (tertiary/aromatic N) is 1. The van der Waals surface area contributed by atoms with Crippen LogP contribution < -0.4 is 10.2 Å². The fraction of sp³-hybridized carbons (Fsp3) is 0.429. The average Bonchev–Trinajstić information content (AvgIpc) is 2.99. The zero-order chi connectivity index (χ0) is 16.1. The van der Waals surface area contributed by atoms with E-state index < -0.39 is 0 Å². The first kappa shape index (κ1) is 16.1. The monoisotopic (exact) mass is 308 g/mol. The molecule has 2 heteroatoms. The van der Waals surface area contributed by atoms with Crippen molar-refractivity contribution in [1.29, 1.82) is 0 Å². The molecule has 2 aromatic carbocycles. The number of hydrogen-bond donors (Lipinski definition) is 1. The van der Waals surface area contributed by atoms with E-state index >= 15 is 0 Å². The molecule has 23 heavy (non-hydrogen) atoms. The van der Waals surface area contributed by atoms with Gasteiger partial charge < -0.3 is 10.2 Å². The van der Waals surface area contributed by atoms with Gasteiger partial charge in [-0.2, -0.15) is 0 Å². The summed E-state index contributed by atoms with van der Waals surface area (Å²) in [6.45, 7) is 6.62. The molecule has 0 unspecified atom stereocenters. The molecule has 1 aliphatic carbocycles. The molecule has 0 bridgehead atoms. The van der Waals surface area contributed by atoms with E-state index in [0.717, 1.165) is 13.1 Å². The third-order valence-corrected chi connectivity index (χ3v) is 4.69. The Bertz CT molecular complexity index is 581. The van der Waals surface area contributed by atoms with Gasteiger partial charge in [-0.15, -0.1) is 0 Å². The molecule has 122 valence electrons. The van der Waals surface area contributed by atoms with Crippen LogP contribution >= 0.6 is 0 Å². The van der Waals surface area contributed by atoms with Gasteiger partial charge in [-0.05, 0) is 49.1 Å². The zero-order valence-corrected chi connectivity index (χ0v) is 14.3. The SMILES string of the molecule is CC(C)NCCCN(c1ccccc1)C1Cc2ccccc2C1. The Morgan fingerprint density at radius 3 is 2.17 bits per heavy atom. The van der Waals surface area contributed by atoms with E-state index in [4.69, 9.17) is 0 Å². The predicted molar refractivity (Wildman–Crippen MR) is 99.2 cm³/mol. The molecule has 0 spiro atoms. The molecule has 2 aromatic rings. The van der Waals surface area contributed by atoms with Crippen molar-refractivity contribution in [1.82, 2.24) is 5.32 Å². The highest BCUT2D eigenvalue weighted by Gasteiger charge is 2.26. The van der Waals surface area contributed by atoms with Gasteiger partial charge in [-0.1, -0.05) is 56.3 Å². The second-order valence-corrected chi connectivity index (χ2v) is 6.82. The maximum absolute atomic E-state index is 3.53. The third kappa shape index (κ3) is 4.14. The molecular formula is C21H28N2. The van der Waals surface area contributed by atoms with E-state index in [1.54, 1.807) is 0 Å². The molecular weight excluding hydrogens is 280 g/mol. The Kier molecular flexibility index (Phi) is 5.35. The van der Waals surface area contributed by atoms with Crippen molar-refractivity contribution >= 4 is 5.69 Å². The van der Waals surface area contributed by atoms with Gasteiger partial charge >= 0.3 is 0 Å². The average molecular weight is 308 g/mol. The Morgan fingerprint density at radius 2 is 1.57 bits per heavy atom. The highest BCUT2D eigenvalue weighted by molar-refractivity contribution is 5.49. The second kappa shape index (κ2) is 7.65. The first-order valence-corrected chi connectivity index (χ1v) is 8.86. The fourth-order valence-electron chi connectivity index (χ4n) is 3.54. The van der Waals surface area contributed by atoms with Crippen molar-refractivity contribution < 1.29 is 0 Å². The summed E-state index contributed by atoms with van der Waals surface area (Å²) in [5.74, 6) is 0. The molecule has 0 aromatic heterocycles. The standard InChI is InChI=1S/C21H28N2/c1-17(2)22-13-8-14-23(20-11-4-3-5-12-20)21-15-18-9-6-7-10-19(18)16-21/h3-7,9-12,17,21-22H,8,13-16H2,1-2H3. The molecule has 0 fully saturated rings. The normalized spacial score (nSPS) is 14.2. The van der Waals surface area contributed by atoms with Crippen LogP contribution in [0.5, 0.6) is 0 Å². The minimum absolute atomic E-state index is 0.566. The van der Waals surface area contributed by atoms with E-state index in [-0.39, 0.29) is 0 Å². The van der Waals surface area contributed by atoms with E-state index in [1.807, 2.05) is 0 Å². The molecule has 1 aliphatic rings.